The lowest BCUT2D eigenvalue weighted by molar-refractivity contribution is -0.134. The molecule has 2 aromatic carbocycles. The number of aryl methyl sites for hydroxylation is 2. The van der Waals surface area contributed by atoms with E-state index in [0.29, 0.717) is 17.9 Å². The minimum absolute atomic E-state index is 0.0955. The average Bonchev–Trinajstić information content (AvgIpc) is 3.14. The summed E-state index contributed by atoms with van der Waals surface area (Å²) in [5.41, 5.74) is 2.66. The van der Waals surface area contributed by atoms with Gasteiger partial charge in [-0.3, -0.25) is 4.79 Å². The van der Waals surface area contributed by atoms with Gasteiger partial charge in [0.15, 0.2) is 6.61 Å². The molecule has 3 rings (SSSR count). The fraction of sp³-hybridized carbons (Fsp3) is 0.227. The fourth-order valence-corrected chi connectivity index (χ4v) is 2.93. The molecular formula is C22H22FNO3. The molecule has 3 aromatic rings. The van der Waals surface area contributed by atoms with Crippen LogP contribution in [0.5, 0.6) is 5.75 Å². The first-order chi connectivity index (χ1) is 13.0. The van der Waals surface area contributed by atoms with Crippen molar-refractivity contribution in [2.75, 3.05) is 6.61 Å². The van der Waals surface area contributed by atoms with E-state index in [-0.39, 0.29) is 24.9 Å². The lowest BCUT2D eigenvalue weighted by atomic mass is 10.1. The minimum atomic E-state index is -0.329. The van der Waals surface area contributed by atoms with Gasteiger partial charge in [-0.1, -0.05) is 30.3 Å². The molecule has 0 fully saturated rings. The normalized spacial score (nSPS) is 10.6. The molecule has 140 valence electrons. The van der Waals surface area contributed by atoms with Crippen LogP contribution in [-0.2, 0) is 17.9 Å². The van der Waals surface area contributed by atoms with Crippen LogP contribution in [0.15, 0.2) is 65.3 Å². The number of carbonyl (C=O) groups excluding carboxylic acids is 1. The second kappa shape index (κ2) is 8.54. The third kappa shape index (κ3) is 4.97. The van der Waals surface area contributed by atoms with E-state index >= 15 is 0 Å². The van der Waals surface area contributed by atoms with E-state index in [4.69, 9.17) is 9.15 Å². The van der Waals surface area contributed by atoms with Crippen molar-refractivity contribution in [1.29, 1.82) is 0 Å². The molecule has 0 aliphatic heterocycles. The molecule has 0 bridgehead atoms. The van der Waals surface area contributed by atoms with E-state index < -0.39 is 0 Å². The first-order valence-corrected chi connectivity index (χ1v) is 8.76. The number of para-hydroxylation sites is 1. The standard InChI is InChI=1S/C22H22FNO3/c1-16-6-3-7-17(2)22(16)27-15-21(25)24(14-20-10-5-11-26-20)13-18-8-4-9-19(23)12-18/h3-12H,13-15H2,1-2H3. The molecular weight excluding hydrogens is 345 g/mol. The Morgan fingerprint density at radius 3 is 2.44 bits per heavy atom. The Bertz CT molecular complexity index is 885. The van der Waals surface area contributed by atoms with Gasteiger partial charge in [-0.15, -0.1) is 0 Å². The molecule has 0 spiro atoms. The zero-order valence-corrected chi connectivity index (χ0v) is 15.4. The van der Waals surface area contributed by atoms with Crippen molar-refractivity contribution in [3.63, 3.8) is 0 Å². The van der Waals surface area contributed by atoms with Gasteiger partial charge in [0.25, 0.3) is 5.91 Å². The summed E-state index contributed by atoms with van der Waals surface area (Å²) in [7, 11) is 0. The zero-order chi connectivity index (χ0) is 19.2. The van der Waals surface area contributed by atoms with Crippen molar-refractivity contribution in [2.45, 2.75) is 26.9 Å². The lowest BCUT2D eigenvalue weighted by Gasteiger charge is -2.22. The van der Waals surface area contributed by atoms with Crippen molar-refractivity contribution >= 4 is 5.91 Å². The topological polar surface area (TPSA) is 42.7 Å². The van der Waals surface area contributed by atoms with Gasteiger partial charge in [0, 0.05) is 6.54 Å². The maximum atomic E-state index is 13.5. The maximum Gasteiger partial charge on any atom is 0.261 e. The largest absolute Gasteiger partial charge is 0.483 e. The Balaban J connectivity index is 1.73. The number of furan rings is 1. The molecule has 0 saturated carbocycles. The molecule has 1 amide bonds. The smallest absolute Gasteiger partial charge is 0.261 e. The summed E-state index contributed by atoms with van der Waals surface area (Å²) in [5.74, 6) is 0.851. The number of hydrogen-bond donors (Lipinski definition) is 0. The van der Waals surface area contributed by atoms with Gasteiger partial charge in [-0.05, 0) is 54.8 Å². The summed E-state index contributed by atoms with van der Waals surface area (Å²) in [6.07, 6.45) is 1.56. The minimum Gasteiger partial charge on any atom is -0.483 e. The van der Waals surface area contributed by atoms with Crippen molar-refractivity contribution in [2.24, 2.45) is 0 Å². The van der Waals surface area contributed by atoms with Crippen LogP contribution in [0.25, 0.3) is 0 Å². The van der Waals surface area contributed by atoms with Gasteiger partial charge in [0.1, 0.15) is 17.3 Å². The van der Waals surface area contributed by atoms with Crippen molar-refractivity contribution in [1.82, 2.24) is 4.90 Å². The maximum absolute atomic E-state index is 13.5. The molecule has 0 aliphatic carbocycles. The number of amides is 1. The van der Waals surface area contributed by atoms with Crippen LogP contribution in [0, 0.1) is 19.7 Å². The quantitative estimate of drug-likeness (QED) is 0.611. The van der Waals surface area contributed by atoms with E-state index in [0.717, 1.165) is 16.9 Å². The number of halogens is 1. The Morgan fingerprint density at radius 1 is 1.04 bits per heavy atom. The summed E-state index contributed by atoms with van der Waals surface area (Å²) in [6.45, 7) is 4.36. The SMILES string of the molecule is Cc1cccc(C)c1OCC(=O)N(Cc1cccc(F)c1)Cc1ccco1. The summed E-state index contributed by atoms with van der Waals surface area (Å²) >= 11 is 0. The predicted molar refractivity (Wildman–Crippen MR) is 101 cm³/mol. The molecule has 0 N–H and O–H groups in total. The molecule has 0 saturated heterocycles. The van der Waals surface area contributed by atoms with Gasteiger partial charge in [-0.25, -0.2) is 4.39 Å². The van der Waals surface area contributed by atoms with E-state index in [1.54, 1.807) is 35.4 Å². The molecule has 27 heavy (non-hydrogen) atoms. The Morgan fingerprint density at radius 2 is 1.78 bits per heavy atom. The van der Waals surface area contributed by atoms with Crippen LogP contribution in [0.2, 0.25) is 0 Å². The average molecular weight is 367 g/mol. The number of rotatable bonds is 7. The second-order valence-electron chi connectivity index (χ2n) is 6.47. The molecule has 0 unspecified atom stereocenters. The van der Waals surface area contributed by atoms with Crippen LogP contribution in [0.1, 0.15) is 22.5 Å². The second-order valence-corrected chi connectivity index (χ2v) is 6.47. The molecule has 1 heterocycles. The van der Waals surface area contributed by atoms with Gasteiger partial charge in [-0.2, -0.15) is 0 Å². The van der Waals surface area contributed by atoms with E-state index in [9.17, 15) is 9.18 Å². The van der Waals surface area contributed by atoms with Crippen LogP contribution < -0.4 is 4.74 Å². The summed E-state index contributed by atoms with van der Waals surface area (Å²) in [5, 5.41) is 0. The highest BCUT2D eigenvalue weighted by atomic mass is 19.1. The van der Waals surface area contributed by atoms with Crippen LogP contribution in [-0.4, -0.2) is 17.4 Å². The van der Waals surface area contributed by atoms with Gasteiger partial charge >= 0.3 is 0 Å². The number of ether oxygens (including phenoxy) is 1. The molecule has 0 atom stereocenters. The Kier molecular flexibility index (Phi) is 5.91. The van der Waals surface area contributed by atoms with Gasteiger partial charge < -0.3 is 14.1 Å². The Labute approximate surface area is 158 Å². The number of carbonyl (C=O) groups is 1. The molecule has 0 aliphatic rings. The van der Waals surface area contributed by atoms with E-state index in [1.165, 1.54) is 12.1 Å². The third-order valence-corrected chi connectivity index (χ3v) is 4.29. The Hall–Kier alpha value is -3.08. The van der Waals surface area contributed by atoms with Crippen molar-refractivity contribution in [3.05, 3.63) is 89.1 Å². The highest BCUT2D eigenvalue weighted by molar-refractivity contribution is 5.77. The molecule has 4 nitrogen and oxygen atoms in total. The predicted octanol–water partition coefficient (Wildman–Crippen LogP) is 4.64. The summed E-state index contributed by atoms with van der Waals surface area (Å²) < 4.78 is 24.7. The number of nitrogens with zero attached hydrogens (tertiary/aromatic N) is 1. The number of hydrogen-bond acceptors (Lipinski definition) is 3. The van der Waals surface area contributed by atoms with E-state index in [2.05, 4.69) is 0 Å². The van der Waals surface area contributed by atoms with Crippen LogP contribution >= 0.6 is 0 Å². The summed E-state index contributed by atoms with van der Waals surface area (Å²) in [6, 6.07) is 15.6. The van der Waals surface area contributed by atoms with Crippen molar-refractivity contribution < 1.29 is 18.3 Å². The monoisotopic (exact) mass is 367 g/mol. The van der Waals surface area contributed by atoms with Gasteiger partial charge in [0.05, 0.1) is 12.8 Å². The highest BCUT2D eigenvalue weighted by Gasteiger charge is 2.18. The van der Waals surface area contributed by atoms with Gasteiger partial charge in [0.2, 0.25) is 0 Å². The molecule has 0 radical (unpaired) electrons. The van der Waals surface area contributed by atoms with Crippen LogP contribution in [0.3, 0.4) is 0 Å². The molecule has 1 aromatic heterocycles. The lowest BCUT2D eigenvalue weighted by Crippen LogP contribution is -2.34. The van der Waals surface area contributed by atoms with E-state index in [1.807, 2.05) is 32.0 Å². The first kappa shape index (κ1) is 18.7. The molecule has 5 heteroatoms. The fourth-order valence-electron chi connectivity index (χ4n) is 2.93. The zero-order valence-electron chi connectivity index (χ0n) is 15.4. The highest BCUT2D eigenvalue weighted by Crippen LogP contribution is 2.22. The first-order valence-electron chi connectivity index (χ1n) is 8.76. The third-order valence-electron chi connectivity index (χ3n) is 4.29. The summed E-state index contributed by atoms with van der Waals surface area (Å²) in [4.78, 5) is 14.4. The van der Waals surface area contributed by atoms with Crippen LogP contribution in [0.4, 0.5) is 4.39 Å². The van der Waals surface area contributed by atoms with Crippen molar-refractivity contribution in [3.8, 4) is 5.75 Å². The number of benzene rings is 2.